The summed E-state index contributed by atoms with van der Waals surface area (Å²) in [4.78, 5) is 23.1. The molecule has 0 amide bonds. The molecular formula is C21H38O4. The van der Waals surface area contributed by atoms with Gasteiger partial charge in [-0.2, -0.15) is 0 Å². The van der Waals surface area contributed by atoms with E-state index < -0.39 is 5.97 Å². The molecule has 1 saturated carbocycles. The van der Waals surface area contributed by atoms with Crippen LogP contribution in [0.4, 0.5) is 0 Å². The van der Waals surface area contributed by atoms with E-state index in [0.29, 0.717) is 19.4 Å². The van der Waals surface area contributed by atoms with Gasteiger partial charge in [-0.05, 0) is 25.7 Å². The number of hydrogen-bond donors (Lipinski definition) is 1. The van der Waals surface area contributed by atoms with Gasteiger partial charge in [-0.15, -0.1) is 0 Å². The molecule has 0 saturated heterocycles. The van der Waals surface area contributed by atoms with E-state index >= 15 is 0 Å². The SMILES string of the molecule is CCCCCCCCCCCCCOC(=O)C1CCCC(C(=O)O)C1. The molecule has 0 heterocycles. The number of carboxylic acid groups (broad SMARTS) is 1. The largest absolute Gasteiger partial charge is 0.481 e. The van der Waals surface area contributed by atoms with Crippen LogP contribution in [0.5, 0.6) is 0 Å². The second kappa shape index (κ2) is 14.1. The number of hydrogen-bond acceptors (Lipinski definition) is 3. The van der Waals surface area contributed by atoms with Crippen LogP contribution in [0.1, 0.15) is 103 Å². The summed E-state index contributed by atoms with van der Waals surface area (Å²) in [5, 5.41) is 9.07. The Morgan fingerprint density at radius 1 is 0.840 bits per heavy atom. The molecule has 2 unspecified atom stereocenters. The normalized spacial score (nSPS) is 20.4. The predicted molar refractivity (Wildman–Crippen MR) is 101 cm³/mol. The molecular weight excluding hydrogens is 316 g/mol. The second-order valence-electron chi connectivity index (χ2n) is 7.60. The molecule has 0 aromatic heterocycles. The first kappa shape index (κ1) is 22.0. The van der Waals surface area contributed by atoms with E-state index in [4.69, 9.17) is 9.84 Å². The maximum atomic E-state index is 12.0. The molecule has 146 valence electrons. The third-order valence-corrected chi connectivity index (χ3v) is 5.35. The van der Waals surface area contributed by atoms with Crippen LogP contribution in [0.2, 0.25) is 0 Å². The summed E-state index contributed by atoms with van der Waals surface area (Å²) in [6.45, 7) is 2.74. The van der Waals surface area contributed by atoms with Crippen molar-refractivity contribution in [2.75, 3.05) is 6.61 Å². The fourth-order valence-corrected chi connectivity index (χ4v) is 3.69. The van der Waals surface area contributed by atoms with Crippen molar-refractivity contribution in [3.8, 4) is 0 Å². The Hall–Kier alpha value is -1.06. The summed E-state index contributed by atoms with van der Waals surface area (Å²) in [7, 11) is 0. The monoisotopic (exact) mass is 354 g/mol. The van der Waals surface area contributed by atoms with E-state index in [9.17, 15) is 9.59 Å². The number of aliphatic carboxylic acids is 1. The zero-order valence-electron chi connectivity index (χ0n) is 16.1. The van der Waals surface area contributed by atoms with Crippen molar-refractivity contribution in [3.63, 3.8) is 0 Å². The zero-order chi connectivity index (χ0) is 18.3. The highest BCUT2D eigenvalue weighted by atomic mass is 16.5. The van der Waals surface area contributed by atoms with Crippen molar-refractivity contribution >= 4 is 11.9 Å². The van der Waals surface area contributed by atoms with Gasteiger partial charge in [-0.3, -0.25) is 9.59 Å². The van der Waals surface area contributed by atoms with E-state index in [1.807, 2.05) is 0 Å². The van der Waals surface area contributed by atoms with Gasteiger partial charge in [0.25, 0.3) is 0 Å². The molecule has 25 heavy (non-hydrogen) atoms. The molecule has 1 aliphatic rings. The summed E-state index contributed by atoms with van der Waals surface area (Å²) in [6, 6.07) is 0. The van der Waals surface area contributed by atoms with E-state index in [1.165, 1.54) is 57.8 Å². The highest BCUT2D eigenvalue weighted by Crippen LogP contribution is 2.30. The quantitative estimate of drug-likeness (QED) is 0.319. The molecule has 0 aromatic rings. The minimum Gasteiger partial charge on any atom is -0.481 e. The van der Waals surface area contributed by atoms with Crippen LogP contribution in [0, 0.1) is 11.8 Å². The number of ether oxygens (including phenoxy) is 1. The van der Waals surface area contributed by atoms with Crippen molar-refractivity contribution in [1.29, 1.82) is 0 Å². The maximum absolute atomic E-state index is 12.0. The van der Waals surface area contributed by atoms with Crippen LogP contribution in [0.15, 0.2) is 0 Å². The first-order valence-corrected chi connectivity index (χ1v) is 10.5. The van der Waals surface area contributed by atoms with Gasteiger partial charge in [-0.25, -0.2) is 0 Å². The van der Waals surface area contributed by atoms with Crippen molar-refractivity contribution in [1.82, 2.24) is 0 Å². The number of carbonyl (C=O) groups excluding carboxylic acids is 1. The number of carboxylic acids is 1. The molecule has 4 nitrogen and oxygen atoms in total. The lowest BCUT2D eigenvalue weighted by molar-refractivity contribution is -0.152. The standard InChI is InChI=1S/C21H38O4/c1-2-3-4-5-6-7-8-9-10-11-12-16-25-21(24)19-15-13-14-18(17-19)20(22)23/h18-19H,2-17H2,1H3,(H,22,23). The second-order valence-corrected chi connectivity index (χ2v) is 7.60. The van der Waals surface area contributed by atoms with Crippen molar-refractivity contribution < 1.29 is 19.4 Å². The minimum absolute atomic E-state index is 0.182. The van der Waals surface area contributed by atoms with Gasteiger partial charge in [0, 0.05) is 0 Å². The molecule has 0 bridgehead atoms. The Labute approximate surface area is 153 Å². The Bertz CT molecular complexity index is 367. The molecule has 0 aromatic carbocycles. The predicted octanol–water partition coefficient (Wildman–Crippen LogP) is 5.73. The number of unbranched alkanes of at least 4 members (excludes halogenated alkanes) is 10. The van der Waals surface area contributed by atoms with Gasteiger partial charge >= 0.3 is 11.9 Å². The van der Waals surface area contributed by atoms with Crippen LogP contribution < -0.4 is 0 Å². The molecule has 0 spiro atoms. The molecule has 1 rings (SSSR count). The minimum atomic E-state index is -0.775. The molecule has 1 fully saturated rings. The van der Waals surface area contributed by atoms with Crippen molar-refractivity contribution in [2.24, 2.45) is 11.8 Å². The van der Waals surface area contributed by atoms with Gasteiger partial charge < -0.3 is 9.84 Å². The topological polar surface area (TPSA) is 63.6 Å². The van der Waals surface area contributed by atoms with Gasteiger partial charge in [0.1, 0.15) is 0 Å². The average molecular weight is 355 g/mol. The summed E-state index contributed by atoms with van der Waals surface area (Å²) in [5.41, 5.74) is 0. The van der Waals surface area contributed by atoms with E-state index in [2.05, 4.69) is 6.92 Å². The van der Waals surface area contributed by atoms with Crippen LogP contribution in [-0.2, 0) is 14.3 Å². The Balaban J connectivity index is 1.92. The van der Waals surface area contributed by atoms with Crippen molar-refractivity contribution in [2.45, 2.75) is 103 Å². The molecule has 2 atom stereocenters. The van der Waals surface area contributed by atoms with Crippen LogP contribution in [-0.4, -0.2) is 23.7 Å². The van der Waals surface area contributed by atoms with E-state index in [-0.39, 0.29) is 17.8 Å². The molecule has 0 radical (unpaired) electrons. The van der Waals surface area contributed by atoms with Crippen LogP contribution in [0.25, 0.3) is 0 Å². The van der Waals surface area contributed by atoms with Gasteiger partial charge in [0.05, 0.1) is 18.4 Å². The summed E-state index contributed by atoms with van der Waals surface area (Å²) in [5.74, 6) is -1.53. The van der Waals surface area contributed by atoms with E-state index in [0.717, 1.165) is 25.7 Å². The molecule has 0 aliphatic heterocycles. The summed E-state index contributed by atoms with van der Waals surface area (Å²) in [6.07, 6.45) is 16.8. The van der Waals surface area contributed by atoms with Gasteiger partial charge in [0.15, 0.2) is 0 Å². The third-order valence-electron chi connectivity index (χ3n) is 5.35. The maximum Gasteiger partial charge on any atom is 0.308 e. The highest BCUT2D eigenvalue weighted by molar-refractivity contribution is 5.75. The lowest BCUT2D eigenvalue weighted by Gasteiger charge is -2.25. The smallest absolute Gasteiger partial charge is 0.308 e. The number of carbonyl (C=O) groups is 2. The average Bonchev–Trinajstić information content (AvgIpc) is 2.62. The highest BCUT2D eigenvalue weighted by Gasteiger charge is 2.31. The summed E-state index contributed by atoms with van der Waals surface area (Å²) >= 11 is 0. The number of rotatable bonds is 14. The van der Waals surface area contributed by atoms with Crippen LogP contribution in [0.3, 0.4) is 0 Å². The fourth-order valence-electron chi connectivity index (χ4n) is 3.69. The Kier molecular flexibility index (Phi) is 12.4. The van der Waals surface area contributed by atoms with Crippen LogP contribution >= 0.6 is 0 Å². The molecule has 1 aliphatic carbocycles. The summed E-state index contributed by atoms with van der Waals surface area (Å²) < 4.78 is 5.36. The lowest BCUT2D eigenvalue weighted by Crippen LogP contribution is -2.28. The van der Waals surface area contributed by atoms with Gasteiger partial charge in [-0.1, -0.05) is 77.6 Å². The Morgan fingerprint density at radius 3 is 1.92 bits per heavy atom. The molecule has 1 N–H and O–H groups in total. The van der Waals surface area contributed by atoms with E-state index in [1.54, 1.807) is 0 Å². The van der Waals surface area contributed by atoms with Gasteiger partial charge in [0.2, 0.25) is 0 Å². The zero-order valence-corrected chi connectivity index (χ0v) is 16.1. The molecule has 4 heteroatoms. The third kappa shape index (κ3) is 10.5. The first-order chi connectivity index (χ1) is 12.1. The number of esters is 1. The first-order valence-electron chi connectivity index (χ1n) is 10.5. The van der Waals surface area contributed by atoms with Crippen molar-refractivity contribution in [3.05, 3.63) is 0 Å². The Morgan fingerprint density at radius 2 is 1.36 bits per heavy atom. The lowest BCUT2D eigenvalue weighted by atomic mass is 9.81. The fraction of sp³-hybridized carbons (Fsp3) is 0.905.